The SMILES string of the molecule is Clc1ccc(N=C(CC(SSc2ccccc2)SSc2ccccc2)Oc2ccccc2)cc1. The molecule has 0 aromatic heterocycles. The molecule has 0 N–H and O–H groups in total. The van der Waals surface area contributed by atoms with Gasteiger partial charge in [-0.3, -0.25) is 0 Å². The number of hydrogen-bond acceptors (Lipinski definition) is 6. The van der Waals surface area contributed by atoms with Gasteiger partial charge in [0.2, 0.25) is 0 Å². The highest BCUT2D eigenvalue weighted by atomic mass is 35.5. The molecule has 172 valence electrons. The van der Waals surface area contributed by atoms with Gasteiger partial charge < -0.3 is 4.74 Å². The lowest BCUT2D eigenvalue weighted by Gasteiger charge is -2.17. The van der Waals surface area contributed by atoms with Crippen molar-refractivity contribution in [1.29, 1.82) is 0 Å². The number of rotatable bonds is 10. The molecule has 0 spiro atoms. The van der Waals surface area contributed by atoms with E-state index in [4.69, 9.17) is 21.3 Å². The summed E-state index contributed by atoms with van der Waals surface area (Å²) in [5, 5.41) is 0.687. The van der Waals surface area contributed by atoms with Crippen LogP contribution >= 0.6 is 54.8 Å². The van der Waals surface area contributed by atoms with Gasteiger partial charge in [0.05, 0.1) is 10.3 Å². The normalized spacial score (nSPS) is 11.5. The molecule has 0 radical (unpaired) electrons. The average molecular weight is 540 g/mol. The van der Waals surface area contributed by atoms with E-state index in [1.165, 1.54) is 9.79 Å². The van der Waals surface area contributed by atoms with Crippen LogP contribution in [-0.4, -0.2) is 10.5 Å². The molecule has 0 heterocycles. The molecule has 0 fully saturated rings. The van der Waals surface area contributed by atoms with Crippen LogP contribution in [-0.2, 0) is 0 Å². The molecular weight excluding hydrogens is 518 g/mol. The fourth-order valence-corrected chi connectivity index (χ4v) is 8.69. The Bertz CT molecular complexity index is 1120. The van der Waals surface area contributed by atoms with Crippen LogP contribution in [0.3, 0.4) is 0 Å². The average Bonchev–Trinajstić information content (AvgIpc) is 2.89. The minimum absolute atomic E-state index is 0.199. The topological polar surface area (TPSA) is 21.6 Å². The van der Waals surface area contributed by atoms with Gasteiger partial charge in [0.15, 0.2) is 5.90 Å². The lowest BCUT2D eigenvalue weighted by molar-refractivity contribution is 0.535. The largest absolute Gasteiger partial charge is 0.443 e. The first kappa shape index (κ1) is 25.1. The monoisotopic (exact) mass is 539 g/mol. The summed E-state index contributed by atoms with van der Waals surface area (Å²) in [5.74, 6) is 1.44. The molecule has 34 heavy (non-hydrogen) atoms. The summed E-state index contributed by atoms with van der Waals surface area (Å²) in [7, 11) is 7.19. The van der Waals surface area contributed by atoms with Crippen molar-refractivity contribution < 1.29 is 4.74 Å². The Hall–Kier alpha value is -1.96. The predicted molar refractivity (Wildman–Crippen MR) is 154 cm³/mol. The second-order valence-corrected chi connectivity index (χ2v) is 12.7. The molecule has 4 rings (SSSR count). The van der Waals surface area contributed by atoms with Gasteiger partial charge in [-0.05, 0) is 60.7 Å². The van der Waals surface area contributed by atoms with Crippen LogP contribution in [0.25, 0.3) is 0 Å². The Morgan fingerprint density at radius 3 is 1.71 bits per heavy atom. The van der Waals surface area contributed by atoms with Crippen molar-refractivity contribution >= 4 is 66.4 Å². The van der Waals surface area contributed by atoms with Gasteiger partial charge in [0, 0.05) is 21.2 Å². The molecule has 0 atom stereocenters. The van der Waals surface area contributed by atoms with E-state index >= 15 is 0 Å². The number of para-hydroxylation sites is 1. The molecule has 2 nitrogen and oxygen atoms in total. The van der Waals surface area contributed by atoms with Gasteiger partial charge in [-0.1, -0.05) is 109 Å². The van der Waals surface area contributed by atoms with E-state index in [1.54, 1.807) is 21.6 Å². The lowest BCUT2D eigenvalue weighted by Crippen LogP contribution is -2.13. The van der Waals surface area contributed by atoms with Gasteiger partial charge in [-0.2, -0.15) is 0 Å². The van der Waals surface area contributed by atoms with Gasteiger partial charge >= 0.3 is 0 Å². The van der Waals surface area contributed by atoms with Gasteiger partial charge in [0.25, 0.3) is 0 Å². The minimum atomic E-state index is 0.199. The summed E-state index contributed by atoms with van der Waals surface area (Å²) in [5.41, 5.74) is 0.815. The second kappa shape index (κ2) is 13.8. The molecule has 0 aliphatic carbocycles. The third-order valence-electron chi connectivity index (χ3n) is 4.39. The Labute approximate surface area is 221 Å². The first-order valence-corrected chi connectivity index (χ1v) is 15.4. The highest BCUT2D eigenvalue weighted by molar-refractivity contribution is 8.85. The number of halogens is 1. The number of hydrogen-bond donors (Lipinski definition) is 0. The maximum Gasteiger partial charge on any atom is 0.197 e. The van der Waals surface area contributed by atoms with Crippen molar-refractivity contribution in [3.8, 4) is 5.75 Å². The third kappa shape index (κ3) is 8.67. The van der Waals surface area contributed by atoms with E-state index in [0.717, 1.165) is 11.4 Å². The van der Waals surface area contributed by atoms with E-state index in [9.17, 15) is 0 Å². The highest BCUT2D eigenvalue weighted by Gasteiger charge is 2.18. The fraction of sp³-hybridized carbons (Fsp3) is 0.0741. The summed E-state index contributed by atoms with van der Waals surface area (Å²) in [4.78, 5) is 7.29. The second-order valence-electron chi connectivity index (χ2n) is 7.02. The summed E-state index contributed by atoms with van der Waals surface area (Å²) in [6.45, 7) is 0. The molecule has 0 unspecified atom stereocenters. The standard InChI is InChI=1S/C27H22ClNOS4/c28-21-16-18-22(19-17-21)29-26(30-23-10-4-1-5-11-23)20-27(33-31-24-12-6-2-7-13-24)34-32-25-14-8-3-9-15-25/h1-19,27H,20H2. The zero-order valence-corrected chi connectivity index (χ0v) is 22.1. The molecule has 0 amide bonds. The molecule has 4 aromatic rings. The quantitative estimate of drug-likeness (QED) is 0.0862. The van der Waals surface area contributed by atoms with Crippen LogP contribution in [0.5, 0.6) is 5.75 Å². The van der Waals surface area contributed by atoms with Crippen molar-refractivity contribution in [2.45, 2.75) is 20.8 Å². The van der Waals surface area contributed by atoms with Crippen LogP contribution in [0.4, 0.5) is 5.69 Å². The molecule has 0 bridgehead atoms. The lowest BCUT2D eigenvalue weighted by atomic mass is 10.3. The van der Waals surface area contributed by atoms with Crippen molar-refractivity contribution in [2.75, 3.05) is 0 Å². The van der Waals surface area contributed by atoms with Gasteiger partial charge in [-0.15, -0.1) is 0 Å². The van der Waals surface area contributed by atoms with E-state index in [0.29, 0.717) is 17.3 Å². The molecular formula is C27H22ClNOS4. The van der Waals surface area contributed by atoms with Gasteiger partial charge in [0.1, 0.15) is 5.75 Å². The zero-order chi connectivity index (χ0) is 23.4. The minimum Gasteiger partial charge on any atom is -0.443 e. The maximum atomic E-state index is 6.26. The fourth-order valence-electron chi connectivity index (χ4n) is 2.79. The number of benzene rings is 4. The van der Waals surface area contributed by atoms with Crippen molar-refractivity contribution in [3.05, 3.63) is 120 Å². The molecule has 0 aliphatic heterocycles. The third-order valence-corrected chi connectivity index (χ3v) is 11.0. The predicted octanol–water partition coefficient (Wildman–Crippen LogP) is 10.0. The van der Waals surface area contributed by atoms with Crippen molar-refractivity contribution in [1.82, 2.24) is 0 Å². The first-order valence-electron chi connectivity index (χ1n) is 10.6. The molecule has 0 saturated heterocycles. The van der Waals surface area contributed by atoms with E-state index in [2.05, 4.69) is 48.5 Å². The number of ether oxygens (including phenoxy) is 1. The summed E-state index contributed by atoms with van der Waals surface area (Å²) in [6, 6.07) is 38.2. The van der Waals surface area contributed by atoms with Crippen LogP contribution < -0.4 is 4.74 Å². The maximum absolute atomic E-state index is 6.26. The Morgan fingerprint density at radius 1 is 0.676 bits per heavy atom. The van der Waals surface area contributed by atoms with Crippen molar-refractivity contribution in [3.63, 3.8) is 0 Å². The molecule has 0 saturated carbocycles. The van der Waals surface area contributed by atoms with E-state index in [-0.39, 0.29) is 4.58 Å². The number of aliphatic imine (C=N–C) groups is 1. The Morgan fingerprint density at radius 2 is 1.18 bits per heavy atom. The summed E-state index contributed by atoms with van der Waals surface area (Å²) >= 11 is 6.07. The number of nitrogens with zero attached hydrogens (tertiary/aromatic N) is 1. The van der Waals surface area contributed by atoms with Crippen LogP contribution in [0, 0.1) is 0 Å². The van der Waals surface area contributed by atoms with Crippen LogP contribution in [0.15, 0.2) is 130 Å². The zero-order valence-electron chi connectivity index (χ0n) is 18.1. The Balaban J connectivity index is 1.54. The van der Waals surface area contributed by atoms with Crippen LogP contribution in [0.1, 0.15) is 6.42 Å². The Kier molecular flexibility index (Phi) is 10.2. The molecule has 4 aromatic carbocycles. The van der Waals surface area contributed by atoms with Gasteiger partial charge in [-0.25, -0.2) is 4.99 Å². The molecule has 0 aliphatic rings. The van der Waals surface area contributed by atoms with E-state index < -0.39 is 0 Å². The summed E-state index contributed by atoms with van der Waals surface area (Å²) < 4.78 is 6.45. The first-order chi connectivity index (χ1) is 16.7. The highest BCUT2D eigenvalue weighted by Crippen LogP contribution is 2.47. The van der Waals surface area contributed by atoms with Crippen molar-refractivity contribution in [2.24, 2.45) is 4.99 Å². The van der Waals surface area contributed by atoms with Crippen LogP contribution in [0.2, 0.25) is 5.02 Å². The smallest absolute Gasteiger partial charge is 0.197 e. The molecule has 7 heteroatoms. The summed E-state index contributed by atoms with van der Waals surface area (Å²) in [6.07, 6.45) is 0.659. The van der Waals surface area contributed by atoms with E-state index in [1.807, 2.05) is 88.3 Å².